The Balaban J connectivity index is 1.68. The number of ether oxygens (including phenoxy) is 1. The number of piperidine rings is 1. The van der Waals surface area contributed by atoms with E-state index in [0.29, 0.717) is 24.5 Å². The van der Waals surface area contributed by atoms with Crippen molar-refractivity contribution in [1.82, 2.24) is 4.90 Å². The Morgan fingerprint density at radius 1 is 1.08 bits per heavy atom. The number of hydrogen-bond donors (Lipinski definition) is 0. The van der Waals surface area contributed by atoms with E-state index < -0.39 is 16.1 Å². The highest BCUT2D eigenvalue weighted by Crippen LogP contribution is 2.37. The number of nitrogens with zero attached hydrogens (tertiary/aromatic N) is 2. The molecular weight excluding hydrogens is 372 g/mol. The minimum Gasteiger partial charge on any atom is -0.476 e. The van der Waals surface area contributed by atoms with E-state index in [9.17, 15) is 13.2 Å². The van der Waals surface area contributed by atoms with Gasteiger partial charge in [0.15, 0.2) is 6.10 Å². The Bertz CT molecular complexity index is 890. The molecule has 4 rings (SSSR count). The molecule has 1 fully saturated rings. The van der Waals surface area contributed by atoms with E-state index in [1.807, 2.05) is 0 Å². The number of anilines is 1. The zero-order chi connectivity index (χ0) is 18.1. The molecule has 6 nitrogen and oxygen atoms in total. The van der Waals surface area contributed by atoms with Crippen molar-refractivity contribution in [2.45, 2.75) is 29.6 Å². The molecule has 1 amide bonds. The van der Waals surface area contributed by atoms with Gasteiger partial charge in [0.05, 0.1) is 12.2 Å². The van der Waals surface area contributed by atoms with Crippen LogP contribution in [0.4, 0.5) is 5.69 Å². The van der Waals surface area contributed by atoms with E-state index in [0.717, 1.165) is 19.3 Å². The summed E-state index contributed by atoms with van der Waals surface area (Å²) >= 11 is 1.17. The first-order valence-electron chi connectivity index (χ1n) is 8.68. The fourth-order valence-corrected chi connectivity index (χ4v) is 5.98. The van der Waals surface area contributed by atoms with Crippen LogP contribution in [0.15, 0.2) is 46.0 Å². The van der Waals surface area contributed by atoms with Crippen molar-refractivity contribution in [3.8, 4) is 5.75 Å². The molecule has 26 heavy (non-hydrogen) atoms. The van der Waals surface area contributed by atoms with Gasteiger partial charge in [0.2, 0.25) is 0 Å². The number of hydrogen-bond acceptors (Lipinski definition) is 5. The Hall–Kier alpha value is -2.06. The molecule has 0 spiro atoms. The third kappa shape index (κ3) is 3.07. The minimum atomic E-state index is -3.73. The molecule has 138 valence electrons. The van der Waals surface area contributed by atoms with Crippen LogP contribution in [0.3, 0.4) is 0 Å². The number of amides is 1. The van der Waals surface area contributed by atoms with Crippen molar-refractivity contribution >= 4 is 33.0 Å². The molecule has 3 heterocycles. The number of thiophene rings is 1. The number of benzene rings is 1. The van der Waals surface area contributed by atoms with E-state index in [1.165, 1.54) is 15.6 Å². The summed E-state index contributed by atoms with van der Waals surface area (Å²) in [5, 5.41) is 1.73. The van der Waals surface area contributed by atoms with Gasteiger partial charge in [-0.2, -0.15) is 0 Å². The van der Waals surface area contributed by atoms with Crippen molar-refractivity contribution in [3.05, 3.63) is 41.8 Å². The molecule has 8 heteroatoms. The SMILES string of the molecule is O=C(C1CN(S(=O)(=O)c2cccs2)c2ccccc2O1)N1CCCCC1. The molecular formula is C18H20N2O4S2. The first kappa shape index (κ1) is 17.4. The first-order valence-corrected chi connectivity index (χ1v) is 11.0. The van der Waals surface area contributed by atoms with Crippen molar-refractivity contribution in [1.29, 1.82) is 0 Å². The second-order valence-corrected chi connectivity index (χ2v) is 9.47. The number of likely N-dealkylation sites (tertiary alicyclic amines) is 1. The van der Waals surface area contributed by atoms with E-state index in [4.69, 9.17) is 4.74 Å². The van der Waals surface area contributed by atoms with Crippen LogP contribution >= 0.6 is 11.3 Å². The highest BCUT2D eigenvalue weighted by Gasteiger charge is 2.39. The van der Waals surface area contributed by atoms with Gasteiger partial charge >= 0.3 is 0 Å². The van der Waals surface area contributed by atoms with Crippen LogP contribution in [-0.2, 0) is 14.8 Å². The predicted molar refractivity (Wildman–Crippen MR) is 100 cm³/mol. The largest absolute Gasteiger partial charge is 0.476 e. The highest BCUT2D eigenvalue weighted by molar-refractivity contribution is 7.94. The van der Waals surface area contributed by atoms with Gasteiger partial charge in [-0.05, 0) is 42.8 Å². The molecule has 1 saturated heterocycles. The summed E-state index contributed by atoms with van der Waals surface area (Å²) in [6.07, 6.45) is 2.26. The lowest BCUT2D eigenvalue weighted by molar-refractivity contribution is -0.139. The fraction of sp³-hybridized carbons (Fsp3) is 0.389. The van der Waals surface area contributed by atoms with E-state index in [1.54, 1.807) is 46.7 Å². The fourth-order valence-electron chi connectivity index (χ4n) is 3.40. The van der Waals surface area contributed by atoms with Gasteiger partial charge in [0, 0.05) is 13.1 Å². The zero-order valence-electron chi connectivity index (χ0n) is 14.2. The predicted octanol–water partition coefficient (Wildman–Crippen LogP) is 2.72. The summed E-state index contributed by atoms with van der Waals surface area (Å²) in [5.74, 6) is 0.292. The average Bonchev–Trinajstić information content (AvgIpc) is 3.23. The summed E-state index contributed by atoms with van der Waals surface area (Å²) in [6, 6.07) is 10.3. The van der Waals surface area contributed by atoms with Gasteiger partial charge in [0.1, 0.15) is 9.96 Å². The van der Waals surface area contributed by atoms with Crippen LogP contribution < -0.4 is 9.04 Å². The van der Waals surface area contributed by atoms with E-state index in [-0.39, 0.29) is 16.7 Å². The van der Waals surface area contributed by atoms with Crippen molar-refractivity contribution in [3.63, 3.8) is 0 Å². The van der Waals surface area contributed by atoms with Crippen LogP contribution in [-0.4, -0.2) is 45.0 Å². The van der Waals surface area contributed by atoms with Gasteiger partial charge in [-0.25, -0.2) is 8.42 Å². The second kappa shape index (κ2) is 6.92. The first-order chi connectivity index (χ1) is 12.6. The van der Waals surface area contributed by atoms with Gasteiger partial charge < -0.3 is 9.64 Å². The smallest absolute Gasteiger partial charge is 0.274 e. The Kier molecular flexibility index (Phi) is 4.62. The maximum absolute atomic E-state index is 13.1. The van der Waals surface area contributed by atoms with Crippen molar-refractivity contribution in [2.75, 3.05) is 23.9 Å². The Labute approximate surface area is 157 Å². The van der Waals surface area contributed by atoms with Crippen LogP contribution in [0.2, 0.25) is 0 Å². The quantitative estimate of drug-likeness (QED) is 0.806. The lowest BCUT2D eigenvalue weighted by Crippen LogP contribution is -2.52. The van der Waals surface area contributed by atoms with Gasteiger partial charge in [0.25, 0.3) is 15.9 Å². The van der Waals surface area contributed by atoms with Gasteiger partial charge in [-0.3, -0.25) is 9.10 Å². The van der Waals surface area contributed by atoms with E-state index >= 15 is 0 Å². The minimum absolute atomic E-state index is 0.00736. The molecule has 2 aliphatic rings. The van der Waals surface area contributed by atoms with Crippen LogP contribution in [0.1, 0.15) is 19.3 Å². The zero-order valence-corrected chi connectivity index (χ0v) is 15.8. The number of rotatable bonds is 3. The van der Waals surface area contributed by atoms with E-state index in [2.05, 4.69) is 0 Å². The molecule has 2 aromatic rings. The number of sulfonamides is 1. The van der Waals surface area contributed by atoms with Crippen LogP contribution in [0.5, 0.6) is 5.75 Å². The number of carbonyl (C=O) groups excluding carboxylic acids is 1. The van der Waals surface area contributed by atoms with Crippen LogP contribution in [0.25, 0.3) is 0 Å². The van der Waals surface area contributed by atoms with Crippen molar-refractivity contribution in [2.24, 2.45) is 0 Å². The normalized spacial score (nSPS) is 20.4. The Morgan fingerprint density at radius 3 is 2.58 bits per heavy atom. The van der Waals surface area contributed by atoms with Crippen LogP contribution in [0, 0.1) is 0 Å². The summed E-state index contributed by atoms with van der Waals surface area (Å²) in [7, 11) is -3.73. The highest BCUT2D eigenvalue weighted by atomic mass is 32.2. The molecule has 0 saturated carbocycles. The summed E-state index contributed by atoms with van der Waals surface area (Å²) in [5.41, 5.74) is 0.476. The van der Waals surface area contributed by atoms with Gasteiger partial charge in [-0.1, -0.05) is 18.2 Å². The van der Waals surface area contributed by atoms with Gasteiger partial charge in [-0.15, -0.1) is 11.3 Å². The monoisotopic (exact) mass is 392 g/mol. The maximum Gasteiger partial charge on any atom is 0.274 e. The summed E-state index contributed by atoms with van der Waals surface area (Å²) in [6.45, 7) is 1.41. The Morgan fingerprint density at radius 2 is 1.85 bits per heavy atom. The standard InChI is InChI=1S/C18H20N2O4S2/c21-18(19-10-4-1-5-11-19)16-13-20(14-7-2-3-8-15(14)24-16)26(22,23)17-9-6-12-25-17/h2-3,6-9,12,16H,1,4-5,10-11,13H2. The molecule has 2 aliphatic heterocycles. The molecule has 1 unspecified atom stereocenters. The third-order valence-electron chi connectivity index (χ3n) is 4.72. The average molecular weight is 393 g/mol. The molecule has 0 radical (unpaired) electrons. The lowest BCUT2D eigenvalue weighted by Gasteiger charge is -2.37. The molecule has 0 aliphatic carbocycles. The molecule has 1 aromatic carbocycles. The van der Waals surface area contributed by atoms with Crippen molar-refractivity contribution < 1.29 is 17.9 Å². The second-order valence-electron chi connectivity index (χ2n) is 6.43. The number of carbonyl (C=O) groups is 1. The summed E-state index contributed by atoms with van der Waals surface area (Å²) in [4.78, 5) is 14.7. The number of para-hydroxylation sites is 2. The lowest BCUT2D eigenvalue weighted by atomic mass is 10.1. The number of fused-ring (bicyclic) bond motifs is 1. The molecule has 1 aromatic heterocycles. The molecule has 0 bridgehead atoms. The third-order valence-corrected chi connectivity index (χ3v) is 7.87. The topological polar surface area (TPSA) is 66.9 Å². The molecule has 0 N–H and O–H groups in total. The molecule has 1 atom stereocenters. The summed E-state index contributed by atoms with van der Waals surface area (Å²) < 4.78 is 33.7. The maximum atomic E-state index is 13.1.